The van der Waals surface area contributed by atoms with E-state index in [1.165, 1.54) is 26.4 Å². The maximum absolute atomic E-state index is 13.5. The third-order valence-electron chi connectivity index (χ3n) is 2.39. The Morgan fingerprint density at radius 1 is 1.41 bits per heavy atom. The van der Waals surface area contributed by atoms with Crippen LogP contribution in [0, 0.1) is 5.82 Å². The Kier molecular flexibility index (Phi) is 4.90. The number of aliphatic carboxylic acids is 1. The molecule has 0 aliphatic heterocycles. The van der Waals surface area contributed by atoms with Gasteiger partial charge in [0.15, 0.2) is 0 Å². The van der Waals surface area contributed by atoms with Gasteiger partial charge in [0, 0.05) is 13.5 Å². The van der Waals surface area contributed by atoms with Crippen LogP contribution in [0.15, 0.2) is 12.1 Å². The third-order valence-corrected chi connectivity index (χ3v) is 2.39. The zero-order valence-electron chi connectivity index (χ0n) is 9.83. The van der Waals surface area contributed by atoms with Crippen molar-refractivity contribution in [3.63, 3.8) is 0 Å². The highest BCUT2D eigenvalue weighted by atomic mass is 19.1. The van der Waals surface area contributed by atoms with Crippen LogP contribution in [0.1, 0.15) is 17.5 Å². The Hall–Kier alpha value is -1.62. The van der Waals surface area contributed by atoms with Gasteiger partial charge in [0.25, 0.3) is 0 Å². The van der Waals surface area contributed by atoms with Crippen LogP contribution in [-0.2, 0) is 22.6 Å². The van der Waals surface area contributed by atoms with Gasteiger partial charge in [-0.15, -0.1) is 0 Å². The van der Waals surface area contributed by atoms with Gasteiger partial charge in [-0.3, -0.25) is 4.79 Å². The van der Waals surface area contributed by atoms with Gasteiger partial charge in [-0.05, 0) is 18.1 Å². The number of benzene rings is 1. The lowest BCUT2D eigenvalue weighted by Crippen LogP contribution is -2.04. The van der Waals surface area contributed by atoms with Crippen LogP contribution in [0.2, 0.25) is 0 Å². The SMILES string of the molecule is COCc1c(F)ccc(CCC(=O)O)c1OC. The van der Waals surface area contributed by atoms with Gasteiger partial charge >= 0.3 is 5.97 Å². The lowest BCUT2D eigenvalue weighted by Gasteiger charge is -2.13. The molecule has 0 saturated carbocycles. The number of carboxylic acid groups (broad SMARTS) is 1. The molecular formula is C12H15FO4. The minimum atomic E-state index is -0.898. The van der Waals surface area contributed by atoms with E-state index in [4.69, 9.17) is 14.6 Å². The Labute approximate surface area is 99.0 Å². The highest BCUT2D eigenvalue weighted by molar-refractivity contribution is 5.67. The molecule has 17 heavy (non-hydrogen) atoms. The molecule has 0 atom stereocenters. The monoisotopic (exact) mass is 242 g/mol. The number of hydrogen-bond donors (Lipinski definition) is 1. The summed E-state index contributed by atoms with van der Waals surface area (Å²) >= 11 is 0. The van der Waals surface area contributed by atoms with Crippen LogP contribution in [0.25, 0.3) is 0 Å². The first-order chi connectivity index (χ1) is 8.10. The fraction of sp³-hybridized carbons (Fsp3) is 0.417. The highest BCUT2D eigenvalue weighted by Gasteiger charge is 2.14. The van der Waals surface area contributed by atoms with Crippen molar-refractivity contribution >= 4 is 5.97 Å². The number of carbonyl (C=O) groups is 1. The summed E-state index contributed by atoms with van der Waals surface area (Å²) in [5, 5.41) is 8.63. The number of carboxylic acids is 1. The Balaban J connectivity index is 3.04. The first kappa shape index (κ1) is 13.4. The number of methoxy groups -OCH3 is 2. The summed E-state index contributed by atoms with van der Waals surface area (Å²) in [5.41, 5.74) is 0.987. The van der Waals surface area contributed by atoms with Gasteiger partial charge < -0.3 is 14.6 Å². The molecule has 0 amide bonds. The molecule has 0 aromatic heterocycles. The van der Waals surface area contributed by atoms with Gasteiger partial charge in [-0.25, -0.2) is 4.39 Å². The smallest absolute Gasteiger partial charge is 0.303 e. The molecule has 0 saturated heterocycles. The quantitative estimate of drug-likeness (QED) is 0.828. The second kappa shape index (κ2) is 6.20. The first-order valence-electron chi connectivity index (χ1n) is 5.15. The van der Waals surface area contributed by atoms with E-state index >= 15 is 0 Å². The van der Waals surface area contributed by atoms with Crippen LogP contribution in [0.5, 0.6) is 5.75 Å². The summed E-state index contributed by atoms with van der Waals surface area (Å²) < 4.78 is 23.6. The summed E-state index contributed by atoms with van der Waals surface area (Å²) in [7, 11) is 2.89. The number of rotatable bonds is 6. The molecule has 1 aromatic rings. The van der Waals surface area contributed by atoms with Crippen molar-refractivity contribution in [3.05, 3.63) is 29.1 Å². The molecule has 0 aliphatic carbocycles. The van der Waals surface area contributed by atoms with Crippen molar-refractivity contribution in [1.82, 2.24) is 0 Å². The fourth-order valence-corrected chi connectivity index (χ4v) is 1.62. The van der Waals surface area contributed by atoms with Gasteiger partial charge in [-0.2, -0.15) is 0 Å². The Bertz CT molecular complexity index is 404. The highest BCUT2D eigenvalue weighted by Crippen LogP contribution is 2.28. The van der Waals surface area contributed by atoms with E-state index in [0.29, 0.717) is 23.3 Å². The van der Waals surface area contributed by atoms with E-state index in [-0.39, 0.29) is 13.0 Å². The third kappa shape index (κ3) is 3.42. The van der Waals surface area contributed by atoms with Crippen LogP contribution in [0.4, 0.5) is 4.39 Å². The van der Waals surface area contributed by atoms with Gasteiger partial charge in [0.2, 0.25) is 0 Å². The summed E-state index contributed by atoms with van der Waals surface area (Å²) in [6.45, 7) is 0.0932. The van der Waals surface area contributed by atoms with E-state index in [1.54, 1.807) is 0 Å². The normalized spacial score (nSPS) is 10.3. The summed E-state index contributed by atoms with van der Waals surface area (Å²) in [6.07, 6.45) is 0.282. The molecule has 0 unspecified atom stereocenters. The lowest BCUT2D eigenvalue weighted by molar-refractivity contribution is -0.136. The molecular weight excluding hydrogens is 227 g/mol. The number of hydrogen-bond acceptors (Lipinski definition) is 3. The minimum Gasteiger partial charge on any atom is -0.496 e. The summed E-state index contributed by atoms with van der Waals surface area (Å²) in [5.74, 6) is -0.944. The van der Waals surface area contributed by atoms with Crippen molar-refractivity contribution < 1.29 is 23.8 Å². The van der Waals surface area contributed by atoms with E-state index in [9.17, 15) is 9.18 Å². The molecule has 1 aromatic carbocycles. The molecule has 1 rings (SSSR count). The summed E-state index contributed by atoms with van der Waals surface area (Å²) in [6, 6.07) is 2.84. The molecule has 0 aliphatic rings. The van der Waals surface area contributed by atoms with Gasteiger partial charge in [-0.1, -0.05) is 6.07 Å². The van der Waals surface area contributed by atoms with Crippen molar-refractivity contribution in [1.29, 1.82) is 0 Å². The van der Waals surface area contributed by atoms with Gasteiger partial charge in [0.1, 0.15) is 11.6 Å². The zero-order chi connectivity index (χ0) is 12.8. The Morgan fingerprint density at radius 2 is 2.12 bits per heavy atom. The minimum absolute atomic E-state index is 0.0194. The molecule has 0 spiro atoms. The topological polar surface area (TPSA) is 55.8 Å². The van der Waals surface area contributed by atoms with Crippen LogP contribution in [0.3, 0.4) is 0 Å². The maximum Gasteiger partial charge on any atom is 0.303 e. The predicted octanol–water partition coefficient (Wildman–Crippen LogP) is 2.00. The van der Waals surface area contributed by atoms with E-state index in [1.807, 2.05) is 0 Å². The second-order valence-electron chi connectivity index (χ2n) is 3.55. The summed E-state index contributed by atoms with van der Waals surface area (Å²) in [4.78, 5) is 10.5. The molecule has 94 valence electrons. The second-order valence-corrected chi connectivity index (χ2v) is 3.55. The average Bonchev–Trinajstić information content (AvgIpc) is 2.30. The van der Waals surface area contributed by atoms with Crippen LogP contribution < -0.4 is 4.74 Å². The molecule has 1 N–H and O–H groups in total. The van der Waals surface area contributed by atoms with Crippen molar-refractivity contribution in [2.24, 2.45) is 0 Å². The van der Waals surface area contributed by atoms with Crippen molar-refractivity contribution in [3.8, 4) is 5.75 Å². The Morgan fingerprint density at radius 3 is 2.65 bits per heavy atom. The molecule has 0 heterocycles. The van der Waals surface area contributed by atoms with E-state index in [2.05, 4.69) is 0 Å². The number of halogens is 1. The molecule has 0 bridgehead atoms. The first-order valence-corrected chi connectivity index (χ1v) is 5.15. The molecule has 4 nitrogen and oxygen atoms in total. The maximum atomic E-state index is 13.5. The van der Waals surface area contributed by atoms with E-state index < -0.39 is 11.8 Å². The van der Waals surface area contributed by atoms with E-state index in [0.717, 1.165) is 0 Å². The number of aryl methyl sites for hydroxylation is 1. The van der Waals surface area contributed by atoms with Crippen LogP contribution in [-0.4, -0.2) is 25.3 Å². The van der Waals surface area contributed by atoms with Crippen molar-refractivity contribution in [2.75, 3.05) is 14.2 Å². The van der Waals surface area contributed by atoms with Crippen LogP contribution >= 0.6 is 0 Å². The standard InChI is InChI=1S/C12H15FO4/c1-16-7-9-10(13)5-3-8(12(9)17-2)4-6-11(14)15/h3,5H,4,6-7H2,1-2H3,(H,14,15). The fourth-order valence-electron chi connectivity index (χ4n) is 1.62. The average molecular weight is 242 g/mol. The largest absolute Gasteiger partial charge is 0.496 e. The molecule has 0 fully saturated rings. The molecule has 0 radical (unpaired) electrons. The van der Waals surface area contributed by atoms with Crippen molar-refractivity contribution in [2.45, 2.75) is 19.4 Å². The number of ether oxygens (including phenoxy) is 2. The lowest BCUT2D eigenvalue weighted by atomic mass is 10.0. The zero-order valence-corrected chi connectivity index (χ0v) is 9.83. The molecule has 5 heteroatoms. The predicted molar refractivity (Wildman–Crippen MR) is 59.6 cm³/mol. The van der Waals surface area contributed by atoms with Gasteiger partial charge in [0.05, 0.1) is 19.3 Å².